The van der Waals surface area contributed by atoms with E-state index >= 15 is 0 Å². The summed E-state index contributed by atoms with van der Waals surface area (Å²) in [6.45, 7) is 2.24. The molecule has 0 saturated carbocycles. The molecule has 0 bridgehead atoms. The monoisotopic (exact) mass is 301 g/mol. The van der Waals surface area contributed by atoms with E-state index in [1.54, 1.807) is 11.3 Å². The van der Waals surface area contributed by atoms with Gasteiger partial charge in [0, 0.05) is 11.9 Å². The Bertz CT molecular complexity index is 563. The third-order valence-corrected chi connectivity index (χ3v) is 5.44. The number of thioether (sulfide) groups is 1. The molecule has 2 heterocycles. The fourth-order valence-corrected chi connectivity index (χ4v) is 4.18. The number of hydrogen-bond acceptors (Lipinski definition) is 4. The number of para-hydroxylation sites is 1. The summed E-state index contributed by atoms with van der Waals surface area (Å²) in [4.78, 5) is 8.90. The molecule has 20 heavy (non-hydrogen) atoms. The van der Waals surface area contributed by atoms with Crippen molar-refractivity contribution in [1.82, 2.24) is 4.98 Å². The normalized spacial score (nSPS) is 18.4. The van der Waals surface area contributed by atoms with Crippen LogP contribution in [0.1, 0.15) is 31.1 Å². The maximum atomic E-state index is 4.18. The molecule has 0 aliphatic carbocycles. The van der Waals surface area contributed by atoms with Gasteiger partial charge in [0.2, 0.25) is 0 Å². The maximum absolute atomic E-state index is 4.18. The van der Waals surface area contributed by atoms with Gasteiger partial charge in [-0.25, -0.2) is 0 Å². The largest absolute Gasteiger partial charge is 0.326 e. The molecule has 1 aromatic carbocycles. The van der Waals surface area contributed by atoms with Gasteiger partial charge in [-0.1, -0.05) is 49.7 Å². The number of aromatic nitrogens is 1. The summed E-state index contributed by atoms with van der Waals surface area (Å²) in [5.74, 6) is 0. The van der Waals surface area contributed by atoms with Crippen molar-refractivity contribution in [3.8, 4) is 0 Å². The Hall–Kier alpha value is -1.26. The molecule has 0 saturated heterocycles. The smallest absolute Gasteiger partial charge is 0.0848 e. The number of nitrogens with zero attached hydrogens (tertiary/aromatic N) is 2. The van der Waals surface area contributed by atoms with Crippen molar-refractivity contribution >= 4 is 33.7 Å². The number of anilines is 1. The van der Waals surface area contributed by atoms with Crippen molar-refractivity contribution in [2.75, 3.05) is 4.90 Å². The number of rotatable bonds is 5. The summed E-state index contributed by atoms with van der Waals surface area (Å²) >= 11 is 3.60. The zero-order valence-electron chi connectivity index (χ0n) is 11.5. The fraction of sp³-hybridized carbons (Fsp3) is 0.312. The fourth-order valence-electron chi connectivity index (χ4n) is 2.22. The second-order valence-corrected chi connectivity index (χ2v) is 6.80. The van der Waals surface area contributed by atoms with Gasteiger partial charge in [-0.05, 0) is 18.6 Å². The second-order valence-electron chi connectivity index (χ2n) is 4.73. The average Bonchev–Trinajstić information content (AvgIpc) is 3.15. The van der Waals surface area contributed by atoms with E-state index < -0.39 is 0 Å². The molecule has 1 unspecified atom stereocenters. The Morgan fingerprint density at radius 1 is 1.30 bits per heavy atom. The van der Waals surface area contributed by atoms with Crippen molar-refractivity contribution in [1.29, 1.82) is 0 Å². The van der Waals surface area contributed by atoms with E-state index in [0.717, 1.165) is 0 Å². The summed E-state index contributed by atoms with van der Waals surface area (Å²) in [7, 11) is 0. The lowest BCUT2D eigenvalue weighted by molar-refractivity contribution is 0.686. The average molecular weight is 301 g/mol. The molecule has 4 heteroatoms. The van der Waals surface area contributed by atoms with E-state index in [-0.39, 0.29) is 0 Å². The van der Waals surface area contributed by atoms with Crippen molar-refractivity contribution in [2.24, 2.45) is 0 Å². The number of benzene rings is 1. The van der Waals surface area contributed by atoms with E-state index in [2.05, 4.69) is 53.3 Å². The van der Waals surface area contributed by atoms with Crippen LogP contribution in [-0.2, 0) is 0 Å². The SMILES string of the molecule is CCCCC1SC(c2cncs2)=[C]N1c1ccccc1. The molecule has 0 spiro atoms. The molecule has 1 atom stereocenters. The number of hydrogen-bond donors (Lipinski definition) is 0. The summed E-state index contributed by atoms with van der Waals surface area (Å²) < 4.78 is 0. The van der Waals surface area contributed by atoms with Crippen LogP contribution in [0.3, 0.4) is 0 Å². The third-order valence-electron chi connectivity index (χ3n) is 3.26. The Morgan fingerprint density at radius 2 is 2.15 bits per heavy atom. The summed E-state index contributed by atoms with van der Waals surface area (Å²) in [5, 5.41) is 0.453. The van der Waals surface area contributed by atoms with Crippen LogP contribution in [0.5, 0.6) is 0 Å². The molecule has 0 fully saturated rings. The minimum Gasteiger partial charge on any atom is -0.326 e. The van der Waals surface area contributed by atoms with E-state index in [4.69, 9.17) is 0 Å². The van der Waals surface area contributed by atoms with E-state index in [9.17, 15) is 0 Å². The Labute approximate surface area is 128 Å². The van der Waals surface area contributed by atoms with E-state index in [1.165, 1.54) is 34.7 Å². The van der Waals surface area contributed by atoms with Crippen molar-refractivity contribution in [3.63, 3.8) is 0 Å². The van der Waals surface area contributed by atoms with Gasteiger partial charge in [0.1, 0.15) is 0 Å². The summed E-state index contributed by atoms with van der Waals surface area (Å²) in [6.07, 6.45) is 9.15. The zero-order chi connectivity index (χ0) is 13.8. The maximum Gasteiger partial charge on any atom is 0.0848 e. The second kappa shape index (κ2) is 6.46. The lowest BCUT2D eigenvalue weighted by Crippen LogP contribution is -2.24. The summed E-state index contributed by atoms with van der Waals surface area (Å²) in [6, 6.07) is 10.5. The standard InChI is InChI=1S/C16H17N2S2/c1-2-3-9-16-18(13-7-5-4-6-8-13)11-15(20-16)14-10-17-12-19-14/h4-8,10,12,16H,2-3,9H2,1H3. The molecule has 3 rings (SSSR count). The first kappa shape index (κ1) is 13.7. The van der Waals surface area contributed by atoms with Gasteiger partial charge in [0.25, 0.3) is 0 Å². The molecule has 2 nitrogen and oxygen atoms in total. The van der Waals surface area contributed by atoms with E-state index in [0.29, 0.717) is 5.37 Å². The number of unbranched alkanes of at least 4 members (excludes halogenated alkanes) is 1. The van der Waals surface area contributed by atoms with Crippen molar-refractivity contribution in [3.05, 3.63) is 53.1 Å². The minimum atomic E-state index is 0.453. The van der Waals surface area contributed by atoms with Crippen LogP contribution in [0.4, 0.5) is 5.69 Å². The van der Waals surface area contributed by atoms with Crippen LogP contribution in [0.2, 0.25) is 0 Å². The Morgan fingerprint density at radius 3 is 2.85 bits per heavy atom. The van der Waals surface area contributed by atoms with Gasteiger partial charge in [-0.15, -0.1) is 11.3 Å². The molecule has 1 radical (unpaired) electrons. The quantitative estimate of drug-likeness (QED) is 0.772. The highest BCUT2D eigenvalue weighted by Crippen LogP contribution is 2.43. The first-order chi connectivity index (χ1) is 9.88. The van der Waals surface area contributed by atoms with Crippen LogP contribution in [0, 0.1) is 6.20 Å². The Kier molecular flexibility index (Phi) is 4.43. The van der Waals surface area contributed by atoms with Crippen molar-refractivity contribution in [2.45, 2.75) is 31.6 Å². The molecule has 1 aliphatic heterocycles. The molecule has 1 aromatic heterocycles. The predicted molar refractivity (Wildman–Crippen MR) is 88.6 cm³/mol. The van der Waals surface area contributed by atoms with E-state index in [1.807, 2.05) is 23.5 Å². The van der Waals surface area contributed by atoms with Crippen LogP contribution in [0.15, 0.2) is 42.0 Å². The first-order valence-corrected chi connectivity index (χ1v) is 8.68. The van der Waals surface area contributed by atoms with Gasteiger partial charge in [0.05, 0.1) is 26.9 Å². The zero-order valence-corrected chi connectivity index (χ0v) is 13.1. The Balaban J connectivity index is 1.86. The summed E-state index contributed by atoms with van der Waals surface area (Å²) in [5.41, 5.74) is 3.11. The topological polar surface area (TPSA) is 16.1 Å². The van der Waals surface area contributed by atoms with Crippen LogP contribution in [0.25, 0.3) is 4.91 Å². The van der Waals surface area contributed by atoms with Gasteiger partial charge >= 0.3 is 0 Å². The molecule has 0 N–H and O–H groups in total. The highest BCUT2D eigenvalue weighted by molar-refractivity contribution is 8.09. The minimum absolute atomic E-state index is 0.453. The van der Waals surface area contributed by atoms with Gasteiger partial charge < -0.3 is 4.90 Å². The van der Waals surface area contributed by atoms with Crippen LogP contribution < -0.4 is 4.90 Å². The molecule has 2 aromatic rings. The molecule has 1 aliphatic rings. The van der Waals surface area contributed by atoms with Gasteiger partial charge in [-0.2, -0.15) is 0 Å². The highest BCUT2D eigenvalue weighted by atomic mass is 32.2. The van der Waals surface area contributed by atoms with Gasteiger partial charge in [0.15, 0.2) is 0 Å². The molecule has 0 amide bonds. The van der Waals surface area contributed by atoms with Gasteiger partial charge in [-0.3, -0.25) is 4.98 Å². The highest BCUT2D eigenvalue weighted by Gasteiger charge is 2.28. The first-order valence-electron chi connectivity index (χ1n) is 6.92. The lowest BCUT2D eigenvalue weighted by Gasteiger charge is -2.24. The van der Waals surface area contributed by atoms with Crippen molar-refractivity contribution < 1.29 is 0 Å². The number of thiazole rings is 1. The molecular weight excluding hydrogens is 284 g/mol. The van der Waals surface area contributed by atoms with Crippen LogP contribution in [-0.4, -0.2) is 10.4 Å². The molecular formula is C16H17N2S2. The van der Waals surface area contributed by atoms with Crippen LogP contribution >= 0.6 is 23.1 Å². The molecule has 103 valence electrons. The lowest BCUT2D eigenvalue weighted by atomic mass is 10.2. The third kappa shape index (κ3) is 2.91. The predicted octanol–water partition coefficient (Wildman–Crippen LogP) is 5.01.